The highest BCUT2D eigenvalue weighted by Crippen LogP contribution is 2.18. The van der Waals surface area contributed by atoms with Crippen LogP contribution < -0.4 is 10.6 Å². The average Bonchev–Trinajstić information content (AvgIpc) is 3.19. The molecular formula is C17H21N3O5. The zero-order chi connectivity index (χ0) is 18.4. The van der Waals surface area contributed by atoms with E-state index in [0.717, 1.165) is 0 Å². The second kappa shape index (κ2) is 8.18. The van der Waals surface area contributed by atoms with Crippen molar-refractivity contribution in [3.8, 4) is 0 Å². The van der Waals surface area contributed by atoms with Crippen LogP contribution in [-0.2, 0) is 4.74 Å². The zero-order valence-corrected chi connectivity index (χ0v) is 14.4. The Balaban J connectivity index is 1.90. The predicted molar refractivity (Wildman–Crippen MR) is 89.6 cm³/mol. The summed E-state index contributed by atoms with van der Waals surface area (Å²) in [4.78, 5) is 38.8. The summed E-state index contributed by atoms with van der Waals surface area (Å²) in [6.07, 6.45) is 1.41. The number of amides is 2. The van der Waals surface area contributed by atoms with Gasteiger partial charge in [0.1, 0.15) is 5.69 Å². The third kappa shape index (κ3) is 4.28. The van der Waals surface area contributed by atoms with Gasteiger partial charge in [0.25, 0.3) is 11.8 Å². The number of nitrogens with one attached hydrogen (secondary N) is 3. The highest BCUT2D eigenvalue weighted by atomic mass is 16.5. The Morgan fingerprint density at radius 1 is 1.16 bits per heavy atom. The van der Waals surface area contributed by atoms with E-state index in [2.05, 4.69) is 15.6 Å². The van der Waals surface area contributed by atoms with Crippen molar-refractivity contribution in [1.29, 1.82) is 0 Å². The fraction of sp³-hybridized carbons (Fsp3) is 0.353. The molecule has 2 aromatic rings. The van der Waals surface area contributed by atoms with Gasteiger partial charge in [-0.1, -0.05) is 0 Å². The van der Waals surface area contributed by atoms with Crippen molar-refractivity contribution in [2.75, 3.05) is 19.7 Å². The molecule has 0 fully saturated rings. The summed E-state index contributed by atoms with van der Waals surface area (Å²) >= 11 is 0. The summed E-state index contributed by atoms with van der Waals surface area (Å²) in [5.74, 6) is -0.959. The first kappa shape index (κ1) is 18.3. The average molecular weight is 347 g/mol. The van der Waals surface area contributed by atoms with Crippen molar-refractivity contribution in [3.63, 3.8) is 0 Å². The van der Waals surface area contributed by atoms with Gasteiger partial charge in [0.05, 0.1) is 18.4 Å². The molecule has 2 amide bonds. The highest BCUT2D eigenvalue weighted by Gasteiger charge is 2.22. The van der Waals surface area contributed by atoms with Crippen molar-refractivity contribution in [3.05, 3.63) is 46.7 Å². The molecule has 2 aromatic heterocycles. The number of hydrogen-bond acceptors (Lipinski definition) is 5. The van der Waals surface area contributed by atoms with Crippen LogP contribution in [0.3, 0.4) is 0 Å². The highest BCUT2D eigenvalue weighted by molar-refractivity contribution is 6.00. The van der Waals surface area contributed by atoms with E-state index >= 15 is 0 Å². The summed E-state index contributed by atoms with van der Waals surface area (Å²) in [6.45, 7) is 5.86. The van der Waals surface area contributed by atoms with Gasteiger partial charge in [-0.05, 0) is 38.5 Å². The number of carbonyl (C=O) groups is 3. The van der Waals surface area contributed by atoms with Crippen LogP contribution in [0.5, 0.6) is 0 Å². The Hall–Kier alpha value is -3.03. The van der Waals surface area contributed by atoms with Gasteiger partial charge in [0.15, 0.2) is 5.76 Å². The second-order valence-electron chi connectivity index (χ2n) is 5.33. The van der Waals surface area contributed by atoms with E-state index in [-0.39, 0.29) is 37.3 Å². The molecule has 2 rings (SSSR count). The second-order valence-corrected chi connectivity index (χ2v) is 5.33. The third-order valence-corrected chi connectivity index (χ3v) is 3.59. The maximum absolute atomic E-state index is 12.3. The van der Waals surface area contributed by atoms with Crippen LogP contribution in [0.4, 0.5) is 0 Å². The Morgan fingerprint density at radius 2 is 1.84 bits per heavy atom. The molecule has 0 saturated heterocycles. The fourth-order valence-corrected chi connectivity index (χ4v) is 2.42. The molecule has 0 atom stereocenters. The number of carbonyl (C=O) groups excluding carboxylic acids is 3. The maximum atomic E-state index is 12.3. The first-order chi connectivity index (χ1) is 12.0. The molecule has 3 N–H and O–H groups in total. The van der Waals surface area contributed by atoms with Gasteiger partial charge in [0.2, 0.25) is 0 Å². The Labute approximate surface area is 144 Å². The molecule has 0 unspecified atom stereocenters. The number of aromatic nitrogens is 1. The molecule has 0 saturated carbocycles. The van der Waals surface area contributed by atoms with Gasteiger partial charge in [-0.15, -0.1) is 0 Å². The van der Waals surface area contributed by atoms with Crippen LogP contribution >= 0.6 is 0 Å². The van der Waals surface area contributed by atoms with Gasteiger partial charge >= 0.3 is 5.97 Å². The number of aromatic amines is 1. The van der Waals surface area contributed by atoms with E-state index in [0.29, 0.717) is 22.5 Å². The summed E-state index contributed by atoms with van der Waals surface area (Å²) in [5, 5.41) is 5.31. The lowest BCUT2D eigenvalue weighted by Gasteiger charge is -2.06. The fourth-order valence-electron chi connectivity index (χ4n) is 2.42. The van der Waals surface area contributed by atoms with E-state index in [1.165, 1.54) is 6.26 Å². The smallest absolute Gasteiger partial charge is 0.340 e. The molecule has 0 aromatic carbocycles. The summed E-state index contributed by atoms with van der Waals surface area (Å²) in [5.41, 5.74) is 1.79. The Morgan fingerprint density at radius 3 is 2.44 bits per heavy atom. The van der Waals surface area contributed by atoms with Crippen LogP contribution in [0.1, 0.15) is 49.6 Å². The normalized spacial score (nSPS) is 10.4. The summed E-state index contributed by atoms with van der Waals surface area (Å²) in [6, 6.07) is 3.17. The summed E-state index contributed by atoms with van der Waals surface area (Å²) in [7, 11) is 0. The van der Waals surface area contributed by atoms with Crippen molar-refractivity contribution in [2.45, 2.75) is 20.8 Å². The molecule has 8 heteroatoms. The van der Waals surface area contributed by atoms with Crippen LogP contribution in [0.2, 0.25) is 0 Å². The lowest BCUT2D eigenvalue weighted by atomic mass is 10.1. The predicted octanol–water partition coefficient (Wildman–Crippen LogP) is 1.56. The minimum absolute atomic E-state index is 0.209. The van der Waals surface area contributed by atoms with E-state index < -0.39 is 5.97 Å². The van der Waals surface area contributed by atoms with Crippen molar-refractivity contribution in [1.82, 2.24) is 15.6 Å². The van der Waals surface area contributed by atoms with Gasteiger partial charge in [-0.2, -0.15) is 0 Å². The van der Waals surface area contributed by atoms with E-state index in [1.54, 1.807) is 32.9 Å². The van der Waals surface area contributed by atoms with E-state index in [9.17, 15) is 14.4 Å². The lowest BCUT2D eigenvalue weighted by Crippen LogP contribution is -2.35. The number of aryl methyl sites for hydroxylation is 1. The number of esters is 1. The monoisotopic (exact) mass is 347 g/mol. The topological polar surface area (TPSA) is 113 Å². The molecule has 0 radical (unpaired) electrons. The molecule has 25 heavy (non-hydrogen) atoms. The minimum atomic E-state index is -0.460. The molecule has 134 valence electrons. The van der Waals surface area contributed by atoms with Crippen LogP contribution in [-0.4, -0.2) is 42.5 Å². The molecule has 0 bridgehead atoms. The van der Waals surface area contributed by atoms with E-state index in [4.69, 9.17) is 9.15 Å². The quantitative estimate of drug-likeness (QED) is 0.519. The largest absolute Gasteiger partial charge is 0.462 e. The first-order valence-electron chi connectivity index (χ1n) is 7.91. The van der Waals surface area contributed by atoms with Crippen molar-refractivity contribution < 1.29 is 23.5 Å². The molecule has 0 spiro atoms. The molecule has 2 heterocycles. The number of furan rings is 1. The number of ether oxygens (including phenoxy) is 1. The zero-order valence-electron chi connectivity index (χ0n) is 14.4. The molecule has 0 aliphatic heterocycles. The van der Waals surface area contributed by atoms with Crippen LogP contribution in [0.25, 0.3) is 0 Å². The Bertz CT molecular complexity index is 762. The van der Waals surface area contributed by atoms with Crippen LogP contribution in [0.15, 0.2) is 22.8 Å². The summed E-state index contributed by atoms with van der Waals surface area (Å²) < 4.78 is 9.96. The van der Waals surface area contributed by atoms with Gasteiger partial charge in [0, 0.05) is 18.8 Å². The number of rotatable bonds is 7. The first-order valence-corrected chi connectivity index (χ1v) is 7.91. The van der Waals surface area contributed by atoms with Crippen molar-refractivity contribution in [2.24, 2.45) is 0 Å². The van der Waals surface area contributed by atoms with Gasteiger partial charge in [-0.3, -0.25) is 9.59 Å². The molecule has 0 aliphatic rings. The van der Waals surface area contributed by atoms with Crippen molar-refractivity contribution >= 4 is 17.8 Å². The van der Waals surface area contributed by atoms with E-state index in [1.807, 2.05) is 0 Å². The molecule has 0 aliphatic carbocycles. The number of H-pyrrole nitrogens is 1. The minimum Gasteiger partial charge on any atom is -0.462 e. The third-order valence-electron chi connectivity index (χ3n) is 3.59. The Kier molecular flexibility index (Phi) is 5.99. The standard InChI is InChI=1S/C17H21N3O5/c1-4-24-17(23)13-10(2)14(20-11(13)3)16(22)19-8-7-18-15(21)12-6-5-9-25-12/h5-6,9,20H,4,7-8H2,1-3H3,(H,18,21)(H,19,22). The van der Waals surface area contributed by atoms with Gasteiger partial charge in [-0.25, -0.2) is 4.79 Å². The van der Waals surface area contributed by atoms with Crippen LogP contribution in [0, 0.1) is 13.8 Å². The molecule has 8 nitrogen and oxygen atoms in total. The SMILES string of the molecule is CCOC(=O)c1c(C)[nH]c(C(=O)NCCNC(=O)c2ccco2)c1C. The van der Waals surface area contributed by atoms with Gasteiger partial charge < -0.3 is 24.8 Å². The lowest BCUT2D eigenvalue weighted by molar-refractivity contribution is 0.0524. The number of hydrogen-bond donors (Lipinski definition) is 3. The maximum Gasteiger partial charge on any atom is 0.340 e. The molecular weight excluding hydrogens is 326 g/mol.